The van der Waals surface area contributed by atoms with Gasteiger partial charge in [0.2, 0.25) is 0 Å². The van der Waals surface area contributed by atoms with Crippen LogP contribution in [-0.4, -0.2) is 0 Å². The van der Waals surface area contributed by atoms with Crippen LogP contribution in [0.15, 0.2) is 84.9 Å². The Balaban J connectivity index is 2.29. The number of hydrogen-bond donors (Lipinski definition) is 1. The van der Waals surface area contributed by atoms with E-state index >= 15 is 0 Å². The molecule has 0 aromatic heterocycles. The zero-order chi connectivity index (χ0) is 16.1. The highest BCUT2D eigenvalue weighted by Crippen LogP contribution is 2.32. The molecule has 2 heteroatoms. The molecule has 0 heterocycles. The first-order chi connectivity index (χ1) is 11.3. The predicted molar refractivity (Wildman–Crippen MR) is 95.3 cm³/mol. The van der Waals surface area contributed by atoms with Crippen LogP contribution in [0, 0.1) is 11.3 Å². The van der Waals surface area contributed by atoms with Gasteiger partial charge in [-0.1, -0.05) is 72.8 Å². The molecule has 0 aliphatic carbocycles. The molecule has 3 aromatic carbocycles. The van der Waals surface area contributed by atoms with Gasteiger partial charge < -0.3 is 5.73 Å². The average molecular weight is 296 g/mol. The minimum Gasteiger partial charge on any atom is -0.399 e. The largest absolute Gasteiger partial charge is 0.399 e. The fourth-order valence-corrected chi connectivity index (χ4v) is 2.58. The summed E-state index contributed by atoms with van der Waals surface area (Å²) in [6.45, 7) is 0. The monoisotopic (exact) mass is 296 g/mol. The van der Waals surface area contributed by atoms with E-state index in [9.17, 15) is 5.26 Å². The molecule has 0 saturated carbocycles. The van der Waals surface area contributed by atoms with Gasteiger partial charge in [0.25, 0.3) is 0 Å². The molecule has 0 unspecified atom stereocenters. The smallest absolute Gasteiger partial charge is 0.100 e. The molecule has 23 heavy (non-hydrogen) atoms. The van der Waals surface area contributed by atoms with Gasteiger partial charge in [-0.2, -0.15) is 5.26 Å². The molecule has 3 rings (SSSR count). The summed E-state index contributed by atoms with van der Waals surface area (Å²) in [6, 6.07) is 29.7. The molecule has 2 N–H and O–H groups in total. The van der Waals surface area contributed by atoms with E-state index in [-0.39, 0.29) is 0 Å². The average Bonchev–Trinajstić information content (AvgIpc) is 2.62. The lowest BCUT2D eigenvalue weighted by molar-refractivity contribution is 1.50. The second-order valence-corrected chi connectivity index (χ2v) is 5.22. The van der Waals surface area contributed by atoms with Crippen molar-refractivity contribution in [3.63, 3.8) is 0 Å². The summed E-state index contributed by atoms with van der Waals surface area (Å²) in [7, 11) is 0. The van der Waals surface area contributed by atoms with Crippen LogP contribution in [0.25, 0.3) is 11.1 Å². The maximum atomic E-state index is 9.79. The van der Waals surface area contributed by atoms with E-state index in [0.29, 0.717) is 11.3 Å². The summed E-state index contributed by atoms with van der Waals surface area (Å²) >= 11 is 0. The highest BCUT2D eigenvalue weighted by molar-refractivity contribution is 6.03. The standard InChI is InChI=1S/C21H16N2/c22-15-20(16-7-3-1-4-8-16)21(17-9-5-2-6-10-17)18-11-13-19(23)14-12-18/h1-14H,23H2/b21-20-. The third-order valence-electron chi connectivity index (χ3n) is 3.69. The van der Waals surface area contributed by atoms with E-state index in [1.165, 1.54) is 0 Å². The molecule has 0 spiro atoms. The van der Waals surface area contributed by atoms with Gasteiger partial charge in [0.05, 0.1) is 5.57 Å². The molecule has 0 amide bonds. The Morgan fingerprint density at radius 2 is 1.13 bits per heavy atom. The summed E-state index contributed by atoms with van der Waals surface area (Å²) in [4.78, 5) is 0. The van der Waals surface area contributed by atoms with Crippen LogP contribution >= 0.6 is 0 Å². The quantitative estimate of drug-likeness (QED) is 0.430. The van der Waals surface area contributed by atoms with Crippen molar-refractivity contribution in [2.45, 2.75) is 0 Å². The predicted octanol–water partition coefficient (Wildman–Crippen LogP) is 4.75. The molecule has 0 aliphatic rings. The lowest BCUT2D eigenvalue weighted by Gasteiger charge is -2.12. The number of allylic oxidation sites excluding steroid dienone is 1. The number of nitrogen functional groups attached to an aromatic ring is 1. The fourth-order valence-electron chi connectivity index (χ4n) is 2.58. The minimum atomic E-state index is 0.654. The Hall–Kier alpha value is -3.31. The molecule has 0 bridgehead atoms. The summed E-state index contributed by atoms with van der Waals surface area (Å²) < 4.78 is 0. The second-order valence-electron chi connectivity index (χ2n) is 5.22. The Labute approximate surface area is 136 Å². The molecule has 2 nitrogen and oxygen atoms in total. The fraction of sp³-hybridized carbons (Fsp3) is 0. The SMILES string of the molecule is N#C/C(=C(\c1ccccc1)c1ccc(N)cc1)c1ccccc1. The van der Waals surface area contributed by atoms with Gasteiger partial charge in [0, 0.05) is 11.3 Å². The Morgan fingerprint density at radius 3 is 1.65 bits per heavy atom. The summed E-state index contributed by atoms with van der Waals surface area (Å²) in [5.74, 6) is 0. The van der Waals surface area contributed by atoms with Crippen LogP contribution in [-0.2, 0) is 0 Å². The first-order valence-electron chi connectivity index (χ1n) is 7.41. The molecule has 110 valence electrons. The van der Waals surface area contributed by atoms with Crippen molar-refractivity contribution in [1.29, 1.82) is 5.26 Å². The van der Waals surface area contributed by atoms with E-state index < -0.39 is 0 Å². The van der Waals surface area contributed by atoms with Crippen LogP contribution in [0.2, 0.25) is 0 Å². The first kappa shape index (κ1) is 14.6. The Bertz CT molecular complexity index is 855. The zero-order valence-corrected chi connectivity index (χ0v) is 12.6. The maximum absolute atomic E-state index is 9.79. The van der Waals surface area contributed by atoms with E-state index in [1.807, 2.05) is 84.9 Å². The van der Waals surface area contributed by atoms with Gasteiger partial charge in [-0.25, -0.2) is 0 Å². The van der Waals surface area contributed by atoms with Crippen molar-refractivity contribution in [2.24, 2.45) is 0 Å². The van der Waals surface area contributed by atoms with Gasteiger partial charge in [0.1, 0.15) is 6.07 Å². The molecule has 0 fully saturated rings. The summed E-state index contributed by atoms with van der Waals surface area (Å²) in [5, 5.41) is 9.79. The van der Waals surface area contributed by atoms with Crippen LogP contribution < -0.4 is 5.73 Å². The Kier molecular flexibility index (Phi) is 4.22. The van der Waals surface area contributed by atoms with Crippen molar-refractivity contribution in [3.8, 4) is 6.07 Å². The van der Waals surface area contributed by atoms with E-state index in [2.05, 4.69) is 6.07 Å². The lowest BCUT2D eigenvalue weighted by Crippen LogP contribution is -1.94. The van der Waals surface area contributed by atoms with Crippen LogP contribution in [0.1, 0.15) is 16.7 Å². The van der Waals surface area contributed by atoms with E-state index in [1.54, 1.807) is 0 Å². The normalized spacial score (nSPS) is 11.4. The molecule has 0 aliphatic heterocycles. The summed E-state index contributed by atoms with van der Waals surface area (Å²) in [6.07, 6.45) is 0. The third-order valence-corrected chi connectivity index (χ3v) is 3.69. The maximum Gasteiger partial charge on any atom is 0.100 e. The third kappa shape index (κ3) is 3.14. The van der Waals surface area contributed by atoms with Crippen molar-refractivity contribution in [1.82, 2.24) is 0 Å². The highest BCUT2D eigenvalue weighted by atomic mass is 14.5. The molecule has 0 atom stereocenters. The first-order valence-corrected chi connectivity index (χ1v) is 7.41. The van der Waals surface area contributed by atoms with Gasteiger partial charge in [-0.3, -0.25) is 0 Å². The molecule has 0 radical (unpaired) electrons. The van der Waals surface area contributed by atoms with Crippen molar-refractivity contribution < 1.29 is 0 Å². The Morgan fingerprint density at radius 1 is 0.652 bits per heavy atom. The molecular formula is C21H16N2. The minimum absolute atomic E-state index is 0.654. The number of rotatable bonds is 3. The topological polar surface area (TPSA) is 49.8 Å². The van der Waals surface area contributed by atoms with Gasteiger partial charge >= 0.3 is 0 Å². The van der Waals surface area contributed by atoms with Crippen LogP contribution in [0.5, 0.6) is 0 Å². The van der Waals surface area contributed by atoms with Gasteiger partial charge in [0.15, 0.2) is 0 Å². The van der Waals surface area contributed by atoms with Gasteiger partial charge in [-0.15, -0.1) is 0 Å². The molecule has 0 saturated heterocycles. The number of hydrogen-bond acceptors (Lipinski definition) is 2. The lowest BCUT2D eigenvalue weighted by atomic mass is 9.90. The van der Waals surface area contributed by atoms with Crippen molar-refractivity contribution in [2.75, 3.05) is 5.73 Å². The number of benzene rings is 3. The number of nitrogens with two attached hydrogens (primary N) is 1. The number of nitriles is 1. The highest BCUT2D eigenvalue weighted by Gasteiger charge is 2.13. The van der Waals surface area contributed by atoms with Gasteiger partial charge in [-0.05, 0) is 28.8 Å². The zero-order valence-electron chi connectivity index (χ0n) is 12.6. The number of nitrogens with zero attached hydrogens (tertiary/aromatic N) is 1. The second kappa shape index (κ2) is 6.64. The van der Waals surface area contributed by atoms with Crippen molar-refractivity contribution >= 4 is 16.8 Å². The molecular weight excluding hydrogens is 280 g/mol. The van der Waals surface area contributed by atoms with Crippen LogP contribution in [0.3, 0.4) is 0 Å². The van der Waals surface area contributed by atoms with E-state index in [4.69, 9.17) is 5.73 Å². The van der Waals surface area contributed by atoms with Crippen molar-refractivity contribution in [3.05, 3.63) is 102 Å². The molecule has 3 aromatic rings. The number of anilines is 1. The summed E-state index contributed by atoms with van der Waals surface area (Å²) in [5.41, 5.74) is 11.0. The van der Waals surface area contributed by atoms with E-state index in [0.717, 1.165) is 22.3 Å². The van der Waals surface area contributed by atoms with Crippen LogP contribution in [0.4, 0.5) is 5.69 Å².